The number of benzene rings is 2. The molecule has 2 aromatic carbocycles. The number of carbonyl (C=O) groups is 2. The number of carboxylic acid groups (broad SMARTS) is 1. The summed E-state index contributed by atoms with van der Waals surface area (Å²) in [5.74, 6) is -1.05. The summed E-state index contributed by atoms with van der Waals surface area (Å²) < 4.78 is 5.22. The molecule has 0 unspecified atom stereocenters. The Balaban J connectivity index is 1.70. The van der Waals surface area contributed by atoms with Crippen molar-refractivity contribution >= 4 is 39.6 Å². The molecule has 0 radical (unpaired) electrons. The SMILES string of the molecule is COc1ccc(C(=O)O)c2nc(NC(=O)c3cc4ccccc4cn3)[nH]c12. The molecule has 0 aliphatic heterocycles. The van der Waals surface area contributed by atoms with E-state index in [9.17, 15) is 14.7 Å². The molecule has 4 aromatic rings. The van der Waals surface area contributed by atoms with Crippen LogP contribution in [0.1, 0.15) is 20.8 Å². The van der Waals surface area contributed by atoms with Crippen molar-refractivity contribution in [2.75, 3.05) is 12.4 Å². The highest BCUT2D eigenvalue weighted by Gasteiger charge is 2.18. The largest absolute Gasteiger partial charge is 0.494 e. The highest BCUT2D eigenvalue weighted by Crippen LogP contribution is 2.28. The van der Waals surface area contributed by atoms with E-state index in [1.807, 2.05) is 24.3 Å². The number of aromatic nitrogens is 3. The van der Waals surface area contributed by atoms with Crippen LogP contribution in [0.15, 0.2) is 48.7 Å². The van der Waals surface area contributed by atoms with Crippen LogP contribution in [0, 0.1) is 0 Å². The second-order valence-electron chi connectivity index (χ2n) is 5.80. The third-order valence-corrected chi connectivity index (χ3v) is 4.15. The molecule has 0 spiro atoms. The van der Waals surface area contributed by atoms with Gasteiger partial charge < -0.3 is 14.8 Å². The summed E-state index contributed by atoms with van der Waals surface area (Å²) in [4.78, 5) is 35.2. The first-order valence-corrected chi connectivity index (χ1v) is 8.03. The van der Waals surface area contributed by atoms with Gasteiger partial charge in [-0.25, -0.2) is 9.78 Å². The van der Waals surface area contributed by atoms with Crippen molar-refractivity contribution in [1.29, 1.82) is 0 Å². The number of amides is 1. The summed E-state index contributed by atoms with van der Waals surface area (Å²) in [6, 6.07) is 12.2. The van der Waals surface area contributed by atoms with E-state index >= 15 is 0 Å². The number of nitrogens with one attached hydrogen (secondary N) is 2. The van der Waals surface area contributed by atoms with Gasteiger partial charge in [-0.1, -0.05) is 24.3 Å². The number of methoxy groups -OCH3 is 1. The fraction of sp³-hybridized carbons (Fsp3) is 0.0526. The molecular weight excluding hydrogens is 348 g/mol. The number of carbonyl (C=O) groups excluding carboxylic acids is 1. The third kappa shape index (κ3) is 2.93. The van der Waals surface area contributed by atoms with Crippen LogP contribution < -0.4 is 10.1 Å². The van der Waals surface area contributed by atoms with E-state index in [2.05, 4.69) is 20.3 Å². The number of hydrogen-bond acceptors (Lipinski definition) is 5. The van der Waals surface area contributed by atoms with Gasteiger partial charge in [0.15, 0.2) is 0 Å². The quantitative estimate of drug-likeness (QED) is 0.514. The molecule has 8 nitrogen and oxygen atoms in total. The van der Waals surface area contributed by atoms with Crippen molar-refractivity contribution in [3.05, 3.63) is 59.9 Å². The predicted octanol–water partition coefficient (Wildman–Crippen LogP) is 3.07. The van der Waals surface area contributed by atoms with Crippen molar-refractivity contribution in [2.24, 2.45) is 0 Å². The van der Waals surface area contributed by atoms with Crippen molar-refractivity contribution in [3.8, 4) is 5.75 Å². The summed E-state index contributed by atoms with van der Waals surface area (Å²) >= 11 is 0. The lowest BCUT2D eigenvalue weighted by Gasteiger charge is -2.03. The molecule has 2 aromatic heterocycles. The summed E-state index contributed by atoms with van der Waals surface area (Å²) in [6.45, 7) is 0. The number of H-pyrrole nitrogens is 1. The van der Waals surface area contributed by atoms with Gasteiger partial charge in [0, 0.05) is 11.6 Å². The molecule has 2 heterocycles. The van der Waals surface area contributed by atoms with Gasteiger partial charge >= 0.3 is 5.97 Å². The van der Waals surface area contributed by atoms with Gasteiger partial charge in [-0.2, -0.15) is 0 Å². The zero-order valence-electron chi connectivity index (χ0n) is 14.2. The molecule has 1 amide bonds. The highest BCUT2D eigenvalue weighted by molar-refractivity contribution is 6.06. The standard InChI is InChI=1S/C19H14N4O4/c1-27-14-7-6-12(18(25)26)15-16(14)22-19(21-15)23-17(24)13-8-10-4-2-3-5-11(10)9-20-13/h2-9H,1H3,(H,25,26)(H2,21,22,23,24). The molecule has 0 atom stereocenters. The lowest BCUT2D eigenvalue weighted by atomic mass is 10.1. The number of ether oxygens (including phenoxy) is 1. The lowest BCUT2D eigenvalue weighted by Crippen LogP contribution is -2.14. The van der Waals surface area contributed by atoms with Gasteiger partial charge in [-0.15, -0.1) is 0 Å². The molecule has 3 N–H and O–H groups in total. The lowest BCUT2D eigenvalue weighted by molar-refractivity contribution is 0.0698. The number of hydrogen-bond donors (Lipinski definition) is 3. The van der Waals surface area contributed by atoms with E-state index in [4.69, 9.17) is 4.74 Å². The fourth-order valence-corrected chi connectivity index (χ4v) is 2.85. The molecule has 27 heavy (non-hydrogen) atoms. The van der Waals surface area contributed by atoms with E-state index in [1.54, 1.807) is 12.3 Å². The van der Waals surface area contributed by atoms with Crippen LogP contribution in [0.25, 0.3) is 21.8 Å². The maximum Gasteiger partial charge on any atom is 0.337 e. The van der Waals surface area contributed by atoms with E-state index in [0.29, 0.717) is 11.3 Å². The van der Waals surface area contributed by atoms with E-state index in [1.165, 1.54) is 19.2 Å². The van der Waals surface area contributed by atoms with Crippen LogP contribution in [0.4, 0.5) is 5.95 Å². The van der Waals surface area contributed by atoms with Crippen molar-refractivity contribution in [1.82, 2.24) is 15.0 Å². The van der Waals surface area contributed by atoms with Crippen LogP contribution in [-0.2, 0) is 0 Å². The number of fused-ring (bicyclic) bond motifs is 2. The van der Waals surface area contributed by atoms with Crippen molar-refractivity contribution in [2.45, 2.75) is 0 Å². The van der Waals surface area contributed by atoms with Gasteiger partial charge in [-0.3, -0.25) is 15.1 Å². The second-order valence-corrected chi connectivity index (χ2v) is 5.80. The van der Waals surface area contributed by atoms with Crippen LogP contribution in [0.3, 0.4) is 0 Å². The molecule has 0 aliphatic rings. The minimum absolute atomic E-state index is 0.00591. The van der Waals surface area contributed by atoms with Gasteiger partial charge in [-0.05, 0) is 23.6 Å². The van der Waals surface area contributed by atoms with Crippen molar-refractivity contribution < 1.29 is 19.4 Å². The minimum Gasteiger partial charge on any atom is -0.494 e. The normalized spacial score (nSPS) is 10.9. The molecule has 4 rings (SSSR count). The number of nitrogens with zero attached hydrogens (tertiary/aromatic N) is 2. The smallest absolute Gasteiger partial charge is 0.337 e. The predicted molar refractivity (Wildman–Crippen MR) is 99.3 cm³/mol. The Bertz CT molecular complexity index is 1200. The Morgan fingerprint density at radius 3 is 2.67 bits per heavy atom. The zero-order valence-corrected chi connectivity index (χ0v) is 14.2. The number of anilines is 1. The topological polar surface area (TPSA) is 117 Å². The van der Waals surface area contributed by atoms with E-state index < -0.39 is 11.9 Å². The van der Waals surface area contributed by atoms with Crippen LogP contribution >= 0.6 is 0 Å². The average molecular weight is 362 g/mol. The Morgan fingerprint density at radius 2 is 1.93 bits per heavy atom. The first-order chi connectivity index (χ1) is 13.1. The van der Waals surface area contributed by atoms with E-state index in [0.717, 1.165) is 10.8 Å². The number of pyridine rings is 1. The molecule has 134 valence electrons. The van der Waals surface area contributed by atoms with Crippen LogP contribution in [-0.4, -0.2) is 39.0 Å². The Kier molecular flexibility index (Phi) is 3.92. The van der Waals surface area contributed by atoms with Gasteiger partial charge in [0.25, 0.3) is 5.91 Å². The number of imidazole rings is 1. The Labute approximate surface area is 152 Å². The minimum atomic E-state index is -1.12. The first-order valence-electron chi connectivity index (χ1n) is 8.03. The van der Waals surface area contributed by atoms with Gasteiger partial charge in [0.2, 0.25) is 5.95 Å². The molecule has 0 bridgehead atoms. The number of aromatic carboxylic acids is 1. The monoisotopic (exact) mass is 362 g/mol. The van der Waals surface area contributed by atoms with Crippen molar-refractivity contribution in [3.63, 3.8) is 0 Å². The molecule has 0 saturated carbocycles. The van der Waals surface area contributed by atoms with Crippen LogP contribution in [0.5, 0.6) is 5.75 Å². The zero-order chi connectivity index (χ0) is 19.0. The summed E-state index contributed by atoms with van der Waals surface area (Å²) in [5, 5.41) is 13.7. The molecule has 0 aliphatic carbocycles. The summed E-state index contributed by atoms with van der Waals surface area (Å²) in [5.41, 5.74) is 0.814. The first kappa shape index (κ1) is 16.5. The molecule has 0 fully saturated rings. The van der Waals surface area contributed by atoms with Gasteiger partial charge in [0.1, 0.15) is 22.5 Å². The number of aromatic amines is 1. The molecule has 8 heteroatoms. The molecule has 0 saturated heterocycles. The van der Waals surface area contributed by atoms with E-state index in [-0.39, 0.29) is 22.7 Å². The summed E-state index contributed by atoms with van der Waals surface area (Å²) in [6.07, 6.45) is 1.62. The van der Waals surface area contributed by atoms with Gasteiger partial charge in [0.05, 0.1) is 12.7 Å². The highest BCUT2D eigenvalue weighted by atomic mass is 16.5. The Hall–Kier alpha value is -3.94. The maximum atomic E-state index is 12.5. The maximum absolute atomic E-state index is 12.5. The third-order valence-electron chi connectivity index (χ3n) is 4.15. The summed E-state index contributed by atoms with van der Waals surface area (Å²) in [7, 11) is 1.47. The Morgan fingerprint density at radius 1 is 1.15 bits per heavy atom. The number of rotatable bonds is 4. The van der Waals surface area contributed by atoms with Crippen LogP contribution in [0.2, 0.25) is 0 Å². The fourth-order valence-electron chi connectivity index (χ4n) is 2.85. The average Bonchev–Trinajstić information content (AvgIpc) is 3.09. The number of carboxylic acids is 1. The second kappa shape index (κ2) is 6.41. The molecular formula is C19H14N4O4.